The standard InChI is InChI=1S/C28H30ClF2N7O3/c1-16-4-3-5-18(10-16)22(14-39)35-25(40)17(2)37-15-33-38-13-19(11-23(38)26(37)41)24-21(29)12-32-27(36-24)34-20-6-8-28(30,31)9-7-20/h3-5,10-13,15,17,20,22,39H,6-9,14H2,1-2H3,(H,35,40)(H,32,34,36)/t17?,22-/m1/s1. The Balaban J connectivity index is 1.37. The average molecular weight is 586 g/mol. The number of nitrogens with zero attached hydrogens (tertiary/aromatic N) is 5. The SMILES string of the molecule is Cc1cccc([C@@H](CO)NC(=O)C(C)n2cnn3cc(-c4nc(NC5CCC(F)(F)CC5)ncc4Cl)cc3c2=O)c1. The van der Waals surface area contributed by atoms with Crippen LogP contribution in [0.4, 0.5) is 14.7 Å². The van der Waals surface area contributed by atoms with Gasteiger partial charge in [0.25, 0.3) is 5.56 Å². The zero-order chi connectivity index (χ0) is 29.3. The summed E-state index contributed by atoms with van der Waals surface area (Å²) in [5.41, 5.74) is 2.31. The smallest absolute Gasteiger partial charge is 0.278 e. The third-order valence-electron chi connectivity index (χ3n) is 7.36. The number of halogens is 3. The predicted molar refractivity (Wildman–Crippen MR) is 150 cm³/mol. The van der Waals surface area contributed by atoms with Crippen LogP contribution in [0, 0.1) is 6.92 Å². The van der Waals surface area contributed by atoms with E-state index in [4.69, 9.17) is 11.6 Å². The summed E-state index contributed by atoms with van der Waals surface area (Å²) in [4.78, 5) is 35.1. The van der Waals surface area contributed by atoms with Gasteiger partial charge < -0.3 is 15.7 Å². The Kier molecular flexibility index (Phi) is 8.05. The highest BCUT2D eigenvalue weighted by atomic mass is 35.5. The number of aryl methyl sites for hydroxylation is 1. The van der Waals surface area contributed by atoms with E-state index < -0.39 is 29.5 Å². The van der Waals surface area contributed by atoms with E-state index in [2.05, 4.69) is 25.7 Å². The van der Waals surface area contributed by atoms with Crippen molar-refractivity contribution in [2.24, 2.45) is 0 Å². The number of aliphatic hydroxyl groups excluding tert-OH is 1. The highest BCUT2D eigenvalue weighted by Crippen LogP contribution is 2.34. The van der Waals surface area contributed by atoms with Crippen LogP contribution in [0.2, 0.25) is 5.02 Å². The number of nitrogens with one attached hydrogen (secondary N) is 2. The molecule has 4 aromatic rings. The van der Waals surface area contributed by atoms with Crippen molar-refractivity contribution in [3.8, 4) is 11.3 Å². The van der Waals surface area contributed by atoms with Crippen LogP contribution in [0.15, 0.2) is 53.8 Å². The number of aliphatic hydroxyl groups is 1. The fraction of sp³-hybridized carbons (Fsp3) is 0.393. The Bertz CT molecular complexity index is 1630. The zero-order valence-corrected chi connectivity index (χ0v) is 23.3. The van der Waals surface area contributed by atoms with E-state index >= 15 is 0 Å². The molecule has 1 fully saturated rings. The van der Waals surface area contributed by atoms with E-state index in [1.54, 1.807) is 19.2 Å². The Hall–Kier alpha value is -3.90. The fourth-order valence-electron chi connectivity index (χ4n) is 4.95. The molecule has 1 aromatic carbocycles. The number of anilines is 1. The average Bonchev–Trinajstić information content (AvgIpc) is 3.39. The van der Waals surface area contributed by atoms with Crippen molar-refractivity contribution >= 4 is 29.0 Å². The lowest BCUT2D eigenvalue weighted by Crippen LogP contribution is -2.39. The lowest BCUT2D eigenvalue weighted by atomic mass is 9.92. The van der Waals surface area contributed by atoms with Crippen LogP contribution in [0.5, 0.6) is 0 Å². The monoisotopic (exact) mass is 585 g/mol. The van der Waals surface area contributed by atoms with Crippen molar-refractivity contribution in [2.45, 2.75) is 63.6 Å². The molecular weight excluding hydrogens is 556 g/mol. The first kappa shape index (κ1) is 28.6. The number of alkyl halides is 2. The van der Waals surface area contributed by atoms with Gasteiger partial charge in [0.15, 0.2) is 0 Å². The van der Waals surface area contributed by atoms with Gasteiger partial charge in [-0.3, -0.25) is 14.2 Å². The molecule has 41 heavy (non-hydrogen) atoms. The van der Waals surface area contributed by atoms with E-state index in [1.807, 2.05) is 31.2 Å². The van der Waals surface area contributed by atoms with Gasteiger partial charge in [0.1, 0.15) is 17.9 Å². The van der Waals surface area contributed by atoms with Crippen molar-refractivity contribution in [1.29, 1.82) is 0 Å². The largest absolute Gasteiger partial charge is 0.394 e. The minimum Gasteiger partial charge on any atom is -0.394 e. The molecule has 0 spiro atoms. The molecule has 3 aromatic heterocycles. The first-order valence-electron chi connectivity index (χ1n) is 13.3. The highest BCUT2D eigenvalue weighted by molar-refractivity contribution is 6.32. The van der Waals surface area contributed by atoms with Crippen LogP contribution in [0.25, 0.3) is 16.8 Å². The summed E-state index contributed by atoms with van der Waals surface area (Å²) < 4.78 is 29.6. The molecule has 1 aliphatic rings. The van der Waals surface area contributed by atoms with Crippen LogP contribution in [0.3, 0.4) is 0 Å². The first-order valence-corrected chi connectivity index (χ1v) is 13.7. The highest BCUT2D eigenvalue weighted by Gasteiger charge is 2.35. The normalized spacial score (nSPS) is 16.8. The van der Waals surface area contributed by atoms with Gasteiger partial charge in [0.05, 0.1) is 29.6 Å². The van der Waals surface area contributed by atoms with Crippen molar-refractivity contribution < 1.29 is 18.7 Å². The number of rotatable bonds is 8. The molecule has 1 aliphatic carbocycles. The van der Waals surface area contributed by atoms with Crippen molar-refractivity contribution in [2.75, 3.05) is 11.9 Å². The van der Waals surface area contributed by atoms with Gasteiger partial charge in [0, 0.05) is 30.6 Å². The van der Waals surface area contributed by atoms with Crippen LogP contribution >= 0.6 is 11.6 Å². The second-order valence-electron chi connectivity index (χ2n) is 10.4. The third kappa shape index (κ3) is 6.23. The number of benzene rings is 1. The van der Waals surface area contributed by atoms with Crippen molar-refractivity contribution in [3.63, 3.8) is 0 Å². The van der Waals surface area contributed by atoms with Crippen LogP contribution in [-0.2, 0) is 4.79 Å². The number of aromatic nitrogens is 5. The lowest BCUT2D eigenvalue weighted by Gasteiger charge is -2.28. The summed E-state index contributed by atoms with van der Waals surface area (Å²) in [5.74, 6) is -2.85. The third-order valence-corrected chi connectivity index (χ3v) is 7.64. The molecule has 3 heterocycles. The Morgan fingerprint density at radius 3 is 2.73 bits per heavy atom. The summed E-state index contributed by atoms with van der Waals surface area (Å²) in [6, 6.07) is 7.28. The van der Waals surface area contributed by atoms with Gasteiger partial charge in [0.2, 0.25) is 17.8 Å². The molecule has 5 rings (SSSR count). The minimum absolute atomic E-state index is 0.186. The second kappa shape index (κ2) is 11.5. The minimum atomic E-state index is -2.64. The molecule has 1 amide bonds. The van der Waals surface area contributed by atoms with E-state index in [1.165, 1.54) is 21.6 Å². The van der Waals surface area contributed by atoms with Gasteiger partial charge in [-0.1, -0.05) is 41.4 Å². The van der Waals surface area contributed by atoms with Crippen LogP contribution in [-0.4, -0.2) is 53.7 Å². The zero-order valence-electron chi connectivity index (χ0n) is 22.5. The van der Waals surface area contributed by atoms with E-state index in [0.717, 1.165) is 11.1 Å². The summed E-state index contributed by atoms with van der Waals surface area (Å²) in [7, 11) is 0. The molecular formula is C28H30ClF2N7O3. The molecule has 1 saturated carbocycles. The molecule has 0 bridgehead atoms. The molecule has 3 N–H and O–H groups in total. The number of hydrogen-bond acceptors (Lipinski definition) is 7. The first-order chi connectivity index (χ1) is 19.5. The quantitative estimate of drug-likeness (QED) is 0.281. The summed E-state index contributed by atoms with van der Waals surface area (Å²) in [5, 5.41) is 20.3. The molecule has 0 aliphatic heterocycles. The maximum atomic E-state index is 13.5. The molecule has 13 heteroatoms. The fourth-order valence-corrected chi connectivity index (χ4v) is 5.15. The van der Waals surface area contributed by atoms with Crippen LogP contribution in [0.1, 0.15) is 55.8 Å². The van der Waals surface area contributed by atoms with Gasteiger partial charge in [-0.15, -0.1) is 0 Å². The van der Waals surface area contributed by atoms with Gasteiger partial charge in [-0.2, -0.15) is 5.10 Å². The number of amides is 1. The van der Waals surface area contributed by atoms with Crippen molar-refractivity contribution in [3.05, 3.63) is 75.6 Å². The van der Waals surface area contributed by atoms with E-state index in [9.17, 15) is 23.5 Å². The van der Waals surface area contributed by atoms with Crippen molar-refractivity contribution in [1.82, 2.24) is 29.5 Å². The van der Waals surface area contributed by atoms with Crippen LogP contribution < -0.4 is 16.2 Å². The molecule has 0 radical (unpaired) electrons. The number of hydrogen-bond donors (Lipinski definition) is 3. The Morgan fingerprint density at radius 1 is 1.27 bits per heavy atom. The van der Waals surface area contributed by atoms with E-state index in [0.29, 0.717) is 24.1 Å². The molecule has 216 valence electrons. The van der Waals surface area contributed by atoms with Gasteiger partial charge in [-0.05, 0) is 38.3 Å². The summed E-state index contributed by atoms with van der Waals surface area (Å²) >= 11 is 6.39. The lowest BCUT2D eigenvalue weighted by molar-refractivity contribution is -0.125. The number of fused-ring (bicyclic) bond motifs is 1. The Morgan fingerprint density at radius 2 is 2.02 bits per heavy atom. The summed E-state index contributed by atoms with van der Waals surface area (Å²) in [6.45, 7) is 3.19. The molecule has 10 nitrogen and oxygen atoms in total. The Labute approximate surface area is 239 Å². The number of carbonyl (C=O) groups excluding carboxylic acids is 1. The predicted octanol–water partition coefficient (Wildman–Crippen LogP) is 4.32. The summed E-state index contributed by atoms with van der Waals surface area (Å²) in [6.07, 6.45) is 4.47. The molecule has 2 atom stereocenters. The van der Waals surface area contributed by atoms with E-state index in [-0.39, 0.29) is 42.0 Å². The van der Waals surface area contributed by atoms with Gasteiger partial charge in [-0.25, -0.2) is 23.3 Å². The maximum absolute atomic E-state index is 13.5. The second-order valence-corrected chi connectivity index (χ2v) is 10.8. The maximum Gasteiger partial charge on any atom is 0.278 e. The van der Waals surface area contributed by atoms with Gasteiger partial charge >= 0.3 is 0 Å². The molecule has 1 unspecified atom stereocenters. The number of carbonyl (C=O) groups is 1. The molecule has 0 saturated heterocycles. The topological polar surface area (TPSA) is 126 Å².